The van der Waals surface area contributed by atoms with Crippen LogP contribution < -0.4 is 5.32 Å². The minimum Gasteiger partial charge on any atom is -0.467 e. The van der Waals surface area contributed by atoms with Crippen LogP contribution in [0.4, 0.5) is 0 Å². The molecule has 0 aliphatic heterocycles. The van der Waals surface area contributed by atoms with E-state index in [9.17, 15) is 9.59 Å². The second-order valence-electron chi connectivity index (χ2n) is 3.19. The van der Waals surface area contributed by atoms with Crippen molar-refractivity contribution in [1.82, 2.24) is 5.32 Å². The summed E-state index contributed by atoms with van der Waals surface area (Å²) in [5.74, 6) is -0.470. The number of rotatable bonds is 5. The molecule has 4 nitrogen and oxygen atoms in total. The Labute approximate surface area is 98.5 Å². The zero-order valence-electron chi connectivity index (χ0n) is 8.77. The third-order valence-electron chi connectivity index (χ3n) is 2.11. The van der Waals surface area contributed by atoms with Gasteiger partial charge in [-0.15, -0.1) is 0 Å². The van der Waals surface area contributed by atoms with Gasteiger partial charge >= 0.3 is 5.97 Å². The molecule has 0 spiro atoms. The monoisotopic (exact) mass is 241 g/mol. The molecule has 0 bridgehead atoms. The van der Waals surface area contributed by atoms with Gasteiger partial charge in [0.1, 0.15) is 6.04 Å². The third kappa shape index (κ3) is 3.55. The van der Waals surface area contributed by atoms with Gasteiger partial charge in [-0.05, 0) is 17.7 Å². The van der Waals surface area contributed by atoms with Crippen molar-refractivity contribution >= 4 is 24.0 Å². The topological polar surface area (TPSA) is 55.4 Å². The summed E-state index contributed by atoms with van der Waals surface area (Å²) in [6.07, 6.45) is 0.861. The van der Waals surface area contributed by atoms with Gasteiger partial charge in [0.15, 0.2) is 0 Å². The number of carbonyl (C=O) groups excluding carboxylic acids is 2. The molecule has 0 heterocycles. The van der Waals surface area contributed by atoms with Crippen LogP contribution in [0.3, 0.4) is 0 Å². The zero-order valence-corrected chi connectivity index (χ0v) is 9.53. The van der Waals surface area contributed by atoms with Crippen molar-refractivity contribution in [3.63, 3.8) is 0 Å². The van der Waals surface area contributed by atoms with E-state index in [4.69, 9.17) is 11.6 Å². The lowest BCUT2D eigenvalue weighted by Crippen LogP contribution is -2.38. The molecule has 86 valence electrons. The largest absolute Gasteiger partial charge is 0.467 e. The summed E-state index contributed by atoms with van der Waals surface area (Å²) < 4.78 is 4.57. The molecule has 1 amide bonds. The van der Waals surface area contributed by atoms with Gasteiger partial charge in [-0.2, -0.15) is 0 Å². The van der Waals surface area contributed by atoms with Crippen molar-refractivity contribution in [3.05, 3.63) is 34.9 Å². The third-order valence-corrected chi connectivity index (χ3v) is 2.36. The van der Waals surface area contributed by atoms with Gasteiger partial charge in [-0.1, -0.05) is 23.7 Å². The van der Waals surface area contributed by atoms with Crippen molar-refractivity contribution in [2.75, 3.05) is 7.11 Å². The van der Waals surface area contributed by atoms with Crippen molar-refractivity contribution in [2.45, 2.75) is 12.5 Å². The van der Waals surface area contributed by atoms with Crippen LogP contribution in [0.1, 0.15) is 5.56 Å². The van der Waals surface area contributed by atoms with Crippen LogP contribution in [-0.2, 0) is 20.7 Å². The predicted octanol–water partition coefficient (Wildman–Crippen LogP) is 1.17. The first-order chi connectivity index (χ1) is 7.67. The Kier molecular flexibility index (Phi) is 4.79. The van der Waals surface area contributed by atoms with Gasteiger partial charge in [0.2, 0.25) is 6.41 Å². The molecule has 16 heavy (non-hydrogen) atoms. The second-order valence-corrected chi connectivity index (χ2v) is 3.63. The summed E-state index contributed by atoms with van der Waals surface area (Å²) in [7, 11) is 1.28. The first-order valence-corrected chi connectivity index (χ1v) is 5.07. The number of halogens is 1. The number of nitrogens with one attached hydrogen (secondary N) is 1. The number of ether oxygens (including phenoxy) is 1. The summed E-state index contributed by atoms with van der Waals surface area (Å²) in [4.78, 5) is 21.6. The molecule has 0 aromatic heterocycles. The summed E-state index contributed by atoms with van der Waals surface area (Å²) >= 11 is 5.74. The van der Waals surface area contributed by atoms with E-state index in [-0.39, 0.29) is 0 Å². The van der Waals surface area contributed by atoms with E-state index in [1.165, 1.54) is 7.11 Å². The minimum atomic E-state index is -0.663. The van der Waals surface area contributed by atoms with Crippen LogP contribution in [0.15, 0.2) is 24.3 Å². The molecule has 1 aromatic rings. The van der Waals surface area contributed by atoms with E-state index < -0.39 is 12.0 Å². The summed E-state index contributed by atoms with van der Waals surface area (Å²) in [6.45, 7) is 0. The number of hydrogen-bond acceptors (Lipinski definition) is 3. The summed E-state index contributed by atoms with van der Waals surface area (Å²) in [5, 5.41) is 3.03. The fourth-order valence-corrected chi connectivity index (χ4v) is 1.42. The average molecular weight is 242 g/mol. The van der Waals surface area contributed by atoms with Gasteiger partial charge in [0, 0.05) is 11.4 Å². The molecule has 0 saturated carbocycles. The lowest BCUT2D eigenvalue weighted by Gasteiger charge is -2.13. The maximum Gasteiger partial charge on any atom is 0.328 e. The van der Waals surface area contributed by atoms with Crippen LogP contribution in [0.5, 0.6) is 0 Å². The molecule has 1 rings (SSSR count). The molecule has 0 radical (unpaired) electrons. The first kappa shape index (κ1) is 12.5. The highest BCUT2D eigenvalue weighted by Crippen LogP contribution is 2.11. The van der Waals surface area contributed by atoms with Crippen molar-refractivity contribution < 1.29 is 14.3 Å². The van der Waals surface area contributed by atoms with Gasteiger partial charge in [-0.3, -0.25) is 4.79 Å². The van der Waals surface area contributed by atoms with Gasteiger partial charge in [0.05, 0.1) is 7.11 Å². The molecule has 0 aliphatic rings. The van der Waals surface area contributed by atoms with Crippen molar-refractivity contribution in [1.29, 1.82) is 0 Å². The molecule has 1 N–H and O–H groups in total. The van der Waals surface area contributed by atoms with E-state index in [1.54, 1.807) is 24.3 Å². The highest BCUT2D eigenvalue weighted by Gasteiger charge is 2.18. The van der Waals surface area contributed by atoms with Crippen LogP contribution in [0.25, 0.3) is 0 Å². The van der Waals surface area contributed by atoms with Crippen molar-refractivity contribution in [2.24, 2.45) is 0 Å². The lowest BCUT2D eigenvalue weighted by molar-refractivity contribution is -0.144. The van der Waals surface area contributed by atoms with Gasteiger partial charge in [0.25, 0.3) is 0 Å². The Balaban J connectivity index is 2.71. The predicted molar refractivity (Wildman–Crippen MR) is 60.2 cm³/mol. The van der Waals surface area contributed by atoms with Crippen molar-refractivity contribution in [3.8, 4) is 0 Å². The van der Waals surface area contributed by atoms with Gasteiger partial charge in [-0.25, -0.2) is 4.79 Å². The Morgan fingerprint density at radius 2 is 2.12 bits per heavy atom. The number of benzene rings is 1. The SMILES string of the molecule is COC(=O)[C@H](Cc1ccc(Cl)cc1)NC=O. The van der Waals surface area contributed by atoms with Gasteiger partial charge < -0.3 is 10.1 Å². The quantitative estimate of drug-likeness (QED) is 0.622. The highest BCUT2D eigenvalue weighted by molar-refractivity contribution is 6.30. The molecule has 0 saturated heterocycles. The van der Waals surface area contributed by atoms with E-state index >= 15 is 0 Å². The number of methoxy groups -OCH3 is 1. The number of esters is 1. The van der Waals surface area contributed by atoms with E-state index in [2.05, 4.69) is 10.1 Å². The second kappa shape index (κ2) is 6.12. The van der Waals surface area contributed by atoms with Crippen LogP contribution >= 0.6 is 11.6 Å². The molecule has 5 heteroatoms. The Bertz CT molecular complexity index is 364. The van der Waals surface area contributed by atoms with Crippen LogP contribution in [0.2, 0.25) is 5.02 Å². The maximum absolute atomic E-state index is 11.3. The van der Waals surface area contributed by atoms with E-state index in [0.717, 1.165) is 5.56 Å². The molecule has 1 aromatic carbocycles. The van der Waals surface area contributed by atoms with E-state index in [1.807, 2.05) is 0 Å². The number of hydrogen-bond donors (Lipinski definition) is 1. The fourth-order valence-electron chi connectivity index (χ4n) is 1.29. The molecular formula is C11H12ClNO3. The Morgan fingerprint density at radius 3 is 2.62 bits per heavy atom. The minimum absolute atomic E-state index is 0.378. The Hall–Kier alpha value is -1.55. The average Bonchev–Trinajstić information content (AvgIpc) is 2.30. The Morgan fingerprint density at radius 1 is 1.50 bits per heavy atom. The zero-order chi connectivity index (χ0) is 12.0. The summed E-state index contributed by atoms with van der Waals surface area (Å²) in [5.41, 5.74) is 0.897. The number of carbonyl (C=O) groups is 2. The lowest BCUT2D eigenvalue weighted by atomic mass is 10.1. The van der Waals surface area contributed by atoms with Crippen LogP contribution in [0, 0.1) is 0 Å². The molecule has 1 atom stereocenters. The molecule has 0 unspecified atom stereocenters. The molecule has 0 fully saturated rings. The molecule has 0 aliphatic carbocycles. The fraction of sp³-hybridized carbons (Fsp3) is 0.273. The maximum atomic E-state index is 11.3. The normalized spacial score (nSPS) is 11.6. The standard InChI is InChI=1S/C11H12ClNO3/c1-16-11(15)10(13-7-14)6-8-2-4-9(12)5-3-8/h2-5,7,10H,6H2,1H3,(H,13,14)/t10-/m0/s1. The van der Waals surface area contributed by atoms with Crippen LogP contribution in [-0.4, -0.2) is 25.5 Å². The first-order valence-electron chi connectivity index (χ1n) is 4.69. The molecular weight excluding hydrogens is 230 g/mol. The van der Waals surface area contributed by atoms with E-state index in [0.29, 0.717) is 17.9 Å². The smallest absolute Gasteiger partial charge is 0.328 e. The highest BCUT2D eigenvalue weighted by atomic mass is 35.5. The number of amides is 1. The summed E-state index contributed by atoms with van der Waals surface area (Å²) in [6, 6.07) is 6.39.